The number of esters is 1. The molecule has 0 fully saturated rings. The predicted octanol–water partition coefficient (Wildman–Crippen LogP) is 4.68. The number of carboxylic acids is 1. The number of carbonyl (C=O) groups excluding carboxylic acids is 2. The molecule has 1 rings (SSSR count). The van der Waals surface area contributed by atoms with E-state index in [-0.39, 0.29) is 17.8 Å². The molecule has 0 amide bonds. The van der Waals surface area contributed by atoms with Gasteiger partial charge in [-0.1, -0.05) is 69.8 Å². The number of hydrogen-bond donors (Lipinski definition) is 1. The molecule has 6 nitrogen and oxygen atoms in total. The Hall–Kier alpha value is -2.11. The highest BCUT2D eigenvalue weighted by molar-refractivity contribution is 5.72. The van der Waals surface area contributed by atoms with Gasteiger partial charge in [0, 0.05) is 12.3 Å². The molecule has 0 aromatic carbocycles. The summed E-state index contributed by atoms with van der Waals surface area (Å²) in [6.45, 7) is 2.49. The highest BCUT2D eigenvalue weighted by Crippen LogP contribution is 2.35. The molecule has 0 aliphatic heterocycles. The van der Waals surface area contributed by atoms with Crippen LogP contribution in [0.4, 0.5) is 0 Å². The summed E-state index contributed by atoms with van der Waals surface area (Å²) in [6.07, 6.45) is 16.3. The smallest absolute Gasteiger partial charge is 0.310 e. The number of carbonyl (C=O) groups is 3. The van der Waals surface area contributed by atoms with Gasteiger partial charge in [-0.05, 0) is 25.2 Å². The van der Waals surface area contributed by atoms with Crippen LogP contribution >= 0.6 is 0 Å². The van der Waals surface area contributed by atoms with Gasteiger partial charge in [0.2, 0.25) is 0 Å². The molecule has 0 saturated carbocycles. The van der Waals surface area contributed by atoms with Crippen molar-refractivity contribution in [2.45, 2.75) is 77.2 Å². The van der Waals surface area contributed by atoms with Crippen molar-refractivity contribution in [3.8, 4) is 0 Å². The molecule has 0 heterocycles. The first kappa shape index (κ1) is 24.9. The Balaban J connectivity index is 2.57. The Bertz CT molecular complexity index is 554. The van der Waals surface area contributed by atoms with E-state index in [0.29, 0.717) is 12.9 Å². The van der Waals surface area contributed by atoms with E-state index in [1.54, 1.807) is 0 Å². The first-order chi connectivity index (χ1) is 14.0. The third-order valence-electron chi connectivity index (χ3n) is 5.50. The maximum absolute atomic E-state index is 11.9. The molecule has 4 atom stereocenters. The van der Waals surface area contributed by atoms with Crippen LogP contribution in [-0.2, 0) is 23.9 Å². The number of aliphatic carboxylic acids is 1. The van der Waals surface area contributed by atoms with Crippen molar-refractivity contribution < 1.29 is 29.0 Å². The third kappa shape index (κ3) is 9.29. The summed E-state index contributed by atoms with van der Waals surface area (Å²) >= 11 is 0. The van der Waals surface area contributed by atoms with E-state index in [9.17, 15) is 19.5 Å². The second kappa shape index (κ2) is 14.8. The Labute approximate surface area is 174 Å². The van der Waals surface area contributed by atoms with Crippen molar-refractivity contribution in [2.75, 3.05) is 7.11 Å². The van der Waals surface area contributed by atoms with Crippen LogP contribution in [0, 0.1) is 17.8 Å². The van der Waals surface area contributed by atoms with Crippen LogP contribution in [0.25, 0.3) is 0 Å². The van der Waals surface area contributed by atoms with Gasteiger partial charge in [0.15, 0.2) is 0 Å². The Kier molecular flexibility index (Phi) is 12.7. The molecule has 2 unspecified atom stereocenters. The van der Waals surface area contributed by atoms with Gasteiger partial charge in [-0.3, -0.25) is 14.4 Å². The van der Waals surface area contributed by atoms with Crippen LogP contribution in [-0.4, -0.2) is 36.7 Å². The average Bonchev–Trinajstić information content (AvgIpc) is 2.71. The number of ether oxygens (including phenoxy) is 2. The van der Waals surface area contributed by atoms with Crippen LogP contribution in [0.5, 0.6) is 0 Å². The van der Waals surface area contributed by atoms with Gasteiger partial charge in [0.05, 0.1) is 7.11 Å². The van der Waals surface area contributed by atoms with Crippen molar-refractivity contribution in [1.29, 1.82) is 0 Å². The monoisotopic (exact) mass is 408 g/mol. The van der Waals surface area contributed by atoms with E-state index >= 15 is 0 Å². The highest BCUT2D eigenvalue weighted by atomic mass is 16.5. The summed E-state index contributed by atoms with van der Waals surface area (Å²) < 4.78 is 9.86. The third-order valence-corrected chi connectivity index (χ3v) is 5.50. The molecule has 0 bridgehead atoms. The lowest BCUT2D eigenvalue weighted by Crippen LogP contribution is -2.42. The minimum absolute atomic E-state index is 0.146. The molecule has 0 saturated heterocycles. The van der Waals surface area contributed by atoms with Gasteiger partial charge >= 0.3 is 11.9 Å². The zero-order valence-electron chi connectivity index (χ0n) is 17.8. The lowest BCUT2D eigenvalue weighted by atomic mass is 9.74. The lowest BCUT2D eigenvalue weighted by Gasteiger charge is -2.35. The maximum Gasteiger partial charge on any atom is 0.310 e. The molecule has 1 N–H and O–H groups in total. The molecule has 1 aliphatic rings. The van der Waals surface area contributed by atoms with Gasteiger partial charge in [-0.2, -0.15) is 0 Å². The quantitative estimate of drug-likeness (QED) is 0.183. The van der Waals surface area contributed by atoms with Crippen molar-refractivity contribution >= 4 is 18.4 Å². The fourth-order valence-electron chi connectivity index (χ4n) is 3.85. The topological polar surface area (TPSA) is 89.9 Å². The molecule has 0 spiro atoms. The number of rotatable bonds is 15. The Morgan fingerprint density at radius 3 is 2.45 bits per heavy atom. The van der Waals surface area contributed by atoms with E-state index in [0.717, 1.165) is 57.8 Å². The summed E-state index contributed by atoms with van der Waals surface area (Å²) in [5.41, 5.74) is 0. The number of unbranched alkanes of at least 4 members (excludes halogenated alkanes) is 6. The van der Waals surface area contributed by atoms with E-state index < -0.39 is 18.0 Å². The summed E-state index contributed by atoms with van der Waals surface area (Å²) in [5, 5.41) is 9.78. The van der Waals surface area contributed by atoms with Crippen LogP contribution in [0.15, 0.2) is 24.3 Å². The predicted molar refractivity (Wildman–Crippen MR) is 111 cm³/mol. The van der Waals surface area contributed by atoms with Gasteiger partial charge in [-0.15, -0.1) is 0 Å². The molecular weight excluding hydrogens is 372 g/mol. The standard InChI is InChI=1S/C23H36O6/c1-3-4-5-9-13-19-16-15-18(21(23(26)27)22(19)29-17-24)12-10-7-6-8-11-14-20(25)28-2/h9,13,15-19,21-22H,3-8,10-12,14H2,1-2H3,(H,26,27)/b13-9+/t18?,19?,21-,22-/m1/s1. The molecule has 0 aromatic heterocycles. The first-order valence-electron chi connectivity index (χ1n) is 10.8. The second-order valence-electron chi connectivity index (χ2n) is 7.64. The Morgan fingerprint density at radius 2 is 1.79 bits per heavy atom. The summed E-state index contributed by atoms with van der Waals surface area (Å²) in [4.78, 5) is 34.0. The van der Waals surface area contributed by atoms with Gasteiger partial charge in [-0.25, -0.2) is 0 Å². The van der Waals surface area contributed by atoms with Crippen LogP contribution in [0.1, 0.15) is 71.1 Å². The van der Waals surface area contributed by atoms with Crippen molar-refractivity contribution in [3.63, 3.8) is 0 Å². The normalized spacial score (nSPS) is 23.8. The van der Waals surface area contributed by atoms with Crippen molar-refractivity contribution in [3.05, 3.63) is 24.3 Å². The maximum atomic E-state index is 11.9. The molecule has 6 heteroatoms. The minimum Gasteiger partial charge on any atom is -0.481 e. The van der Waals surface area contributed by atoms with Crippen LogP contribution < -0.4 is 0 Å². The largest absolute Gasteiger partial charge is 0.481 e. The minimum atomic E-state index is -0.920. The van der Waals surface area contributed by atoms with E-state index in [1.165, 1.54) is 7.11 Å². The van der Waals surface area contributed by atoms with E-state index in [4.69, 9.17) is 4.74 Å². The zero-order valence-corrected chi connectivity index (χ0v) is 17.8. The highest BCUT2D eigenvalue weighted by Gasteiger charge is 2.41. The molecule has 164 valence electrons. The number of allylic oxidation sites excluding steroid dienone is 2. The second-order valence-corrected chi connectivity index (χ2v) is 7.64. The van der Waals surface area contributed by atoms with Crippen LogP contribution in [0.2, 0.25) is 0 Å². The van der Waals surface area contributed by atoms with E-state index in [1.807, 2.05) is 24.3 Å². The van der Waals surface area contributed by atoms with Crippen molar-refractivity contribution in [1.82, 2.24) is 0 Å². The number of hydrogen-bond acceptors (Lipinski definition) is 5. The number of methoxy groups -OCH3 is 1. The molecule has 29 heavy (non-hydrogen) atoms. The van der Waals surface area contributed by atoms with Crippen molar-refractivity contribution in [2.24, 2.45) is 17.8 Å². The van der Waals surface area contributed by atoms with Gasteiger partial charge in [0.1, 0.15) is 12.0 Å². The molecule has 0 radical (unpaired) electrons. The Morgan fingerprint density at radius 1 is 1.07 bits per heavy atom. The fraction of sp³-hybridized carbons (Fsp3) is 0.696. The molecular formula is C23H36O6. The summed E-state index contributed by atoms with van der Waals surface area (Å²) in [6, 6.07) is 0. The average molecular weight is 409 g/mol. The lowest BCUT2D eigenvalue weighted by molar-refractivity contribution is -0.155. The van der Waals surface area contributed by atoms with Gasteiger partial charge < -0.3 is 14.6 Å². The molecule has 0 aromatic rings. The first-order valence-corrected chi connectivity index (χ1v) is 10.8. The fourth-order valence-corrected chi connectivity index (χ4v) is 3.85. The van der Waals surface area contributed by atoms with E-state index in [2.05, 4.69) is 11.7 Å². The number of carboxylic acid groups (broad SMARTS) is 1. The molecule has 1 aliphatic carbocycles. The zero-order chi connectivity index (χ0) is 21.5. The van der Waals surface area contributed by atoms with Crippen LogP contribution in [0.3, 0.4) is 0 Å². The summed E-state index contributed by atoms with van der Waals surface area (Å²) in [7, 11) is 1.39. The SMILES string of the molecule is CCCC/C=C/C1C=CC(CCCCCCCC(=O)OC)[C@@H](C(=O)O)[C@@H]1OC=O. The summed E-state index contributed by atoms with van der Waals surface area (Å²) in [5.74, 6) is -2.18. The van der Waals surface area contributed by atoms with Gasteiger partial charge in [0.25, 0.3) is 6.47 Å².